The molecule has 0 spiro atoms. The van der Waals surface area contributed by atoms with Gasteiger partial charge in [-0.3, -0.25) is 9.59 Å². The van der Waals surface area contributed by atoms with Crippen molar-refractivity contribution in [2.24, 2.45) is 0 Å². The molecule has 8 heteroatoms. The Morgan fingerprint density at radius 2 is 1.65 bits per heavy atom. The van der Waals surface area contributed by atoms with Crippen LogP contribution >= 0.6 is 23.1 Å². The quantitative estimate of drug-likeness (QED) is 0.178. The molecule has 0 bridgehead atoms. The molecular formula is C32H27N3O3S2. The molecule has 200 valence electrons. The van der Waals surface area contributed by atoms with Crippen LogP contribution in [0.5, 0.6) is 5.75 Å². The van der Waals surface area contributed by atoms with Gasteiger partial charge in [-0.25, -0.2) is 4.98 Å². The summed E-state index contributed by atoms with van der Waals surface area (Å²) in [5.41, 5.74) is 5.00. The van der Waals surface area contributed by atoms with Crippen molar-refractivity contribution in [2.75, 3.05) is 17.7 Å². The van der Waals surface area contributed by atoms with Gasteiger partial charge in [-0.05, 0) is 48.9 Å². The molecule has 5 rings (SSSR count). The molecule has 40 heavy (non-hydrogen) atoms. The second-order valence-electron chi connectivity index (χ2n) is 9.02. The molecule has 0 saturated carbocycles. The highest BCUT2D eigenvalue weighted by Gasteiger charge is 2.23. The number of amides is 2. The average molecular weight is 566 g/mol. The van der Waals surface area contributed by atoms with Crippen LogP contribution < -0.4 is 15.4 Å². The number of ether oxygens (including phenoxy) is 1. The standard InChI is InChI=1S/C32H27N3O3S2/c1-21-14-16-22(17-15-21)28-20-39-32(34-28)35-31(37)29(23-8-4-3-5-9-23)40-27-13-7-11-25(19-27)33-30(36)24-10-6-12-26(18-24)38-2/h3-20,29H,1-2H3,(H,33,36)(H,34,35,37). The van der Waals surface area contributed by atoms with Crippen molar-refractivity contribution in [1.29, 1.82) is 0 Å². The van der Waals surface area contributed by atoms with Crippen molar-refractivity contribution < 1.29 is 14.3 Å². The van der Waals surface area contributed by atoms with E-state index in [2.05, 4.69) is 15.6 Å². The lowest BCUT2D eigenvalue weighted by Crippen LogP contribution is -2.19. The first-order valence-electron chi connectivity index (χ1n) is 12.6. The third-order valence-corrected chi connectivity index (χ3v) is 8.11. The van der Waals surface area contributed by atoms with E-state index in [1.807, 2.05) is 91.2 Å². The first-order chi connectivity index (χ1) is 19.5. The number of nitrogens with one attached hydrogen (secondary N) is 2. The van der Waals surface area contributed by atoms with E-state index in [0.717, 1.165) is 21.7 Å². The molecule has 2 N–H and O–H groups in total. The van der Waals surface area contributed by atoms with Crippen LogP contribution in [0.15, 0.2) is 113 Å². The summed E-state index contributed by atoms with van der Waals surface area (Å²) in [5.74, 6) is 0.193. The third kappa shape index (κ3) is 6.77. The van der Waals surface area contributed by atoms with Crippen LogP contribution in [0.3, 0.4) is 0 Å². The maximum Gasteiger partial charge on any atom is 0.255 e. The van der Waals surface area contributed by atoms with Crippen molar-refractivity contribution in [3.63, 3.8) is 0 Å². The fourth-order valence-electron chi connectivity index (χ4n) is 4.01. The molecule has 0 saturated heterocycles. The Bertz CT molecular complexity index is 1620. The molecule has 0 aliphatic heterocycles. The SMILES string of the molecule is COc1cccc(C(=O)Nc2cccc(SC(C(=O)Nc3nc(-c4ccc(C)cc4)cs3)c3ccccc3)c2)c1. The smallest absolute Gasteiger partial charge is 0.255 e. The number of carbonyl (C=O) groups excluding carboxylic acids is 2. The number of benzene rings is 4. The number of carbonyl (C=O) groups is 2. The minimum Gasteiger partial charge on any atom is -0.497 e. The van der Waals surface area contributed by atoms with Crippen molar-refractivity contribution in [3.8, 4) is 17.0 Å². The highest BCUT2D eigenvalue weighted by atomic mass is 32.2. The van der Waals surface area contributed by atoms with E-state index in [0.29, 0.717) is 22.1 Å². The van der Waals surface area contributed by atoms with E-state index in [-0.39, 0.29) is 11.8 Å². The number of thioether (sulfide) groups is 1. The monoisotopic (exact) mass is 565 g/mol. The van der Waals surface area contributed by atoms with Gasteiger partial charge >= 0.3 is 0 Å². The largest absolute Gasteiger partial charge is 0.497 e. The fraction of sp³-hybridized carbons (Fsp3) is 0.0938. The third-order valence-electron chi connectivity index (χ3n) is 6.10. The van der Waals surface area contributed by atoms with Gasteiger partial charge in [0.05, 0.1) is 12.8 Å². The minimum absolute atomic E-state index is 0.174. The van der Waals surface area contributed by atoms with Crippen molar-refractivity contribution in [3.05, 3.63) is 125 Å². The molecule has 0 fully saturated rings. The maximum absolute atomic E-state index is 13.6. The number of aromatic nitrogens is 1. The Kier molecular flexibility index (Phi) is 8.59. The molecule has 1 unspecified atom stereocenters. The first kappa shape index (κ1) is 27.2. The normalized spacial score (nSPS) is 11.4. The molecule has 1 atom stereocenters. The Morgan fingerprint density at radius 1 is 0.875 bits per heavy atom. The van der Waals surface area contributed by atoms with Gasteiger partial charge in [0.15, 0.2) is 5.13 Å². The molecule has 1 heterocycles. The minimum atomic E-state index is -0.530. The first-order valence-corrected chi connectivity index (χ1v) is 14.3. The zero-order valence-corrected chi connectivity index (χ0v) is 23.6. The number of rotatable bonds is 9. The van der Waals surface area contributed by atoms with Crippen LogP contribution in [-0.2, 0) is 4.79 Å². The van der Waals surface area contributed by atoms with Gasteiger partial charge < -0.3 is 15.4 Å². The van der Waals surface area contributed by atoms with E-state index >= 15 is 0 Å². The summed E-state index contributed by atoms with van der Waals surface area (Å²) in [6.07, 6.45) is 0. The zero-order valence-electron chi connectivity index (χ0n) is 22.0. The number of methoxy groups -OCH3 is 1. The summed E-state index contributed by atoms with van der Waals surface area (Å²) in [7, 11) is 1.56. The number of anilines is 2. The predicted octanol–water partition coefficient (Wildman–Crippen LogP) is 7.85. The van der Waals surface area contributed by atoms with Gasteiger partial charge in [-0.2, -0.15) is 0 Å². The van der Waals surface area contributed by atoms with Crippen LogP contribution in [-0.4, -0.2) is 23.9 Å². The van der Waals surface area contributed by atoms with Crippen LogP contribution in [0.1, 0.15) is 26.7 Å². The molecular weight excluding hydrogens is 539 g/mol. The summed E-state index contributed by atoms with van der Waals surface area (Å²) in [6.45, 7) is 2.04. The van der Waals surface area contributed by atoms with Crippen LogP contribution in [0, 0.1) is 6.92 Å². The molecule has 0 aliphatic carbocycles. The van der Waals surface area contributed by atoms with E-state index < -0.39 is 5.25 Å². The summed E-state index contributed by atoms with van der Waals surface area (Å²) in [4.78, 5) is 31.9. The lowest BCUT2D eigenvalue weighted by atomic mass is 10.1. The highest BCUT2D eigenvalue weighted by Crippen LogP contribution is 2.38. The topological polar surface area (TPSA) is 80.3 Å². The number of aryl methyl sites for hydroxylation is 1. The van der Waals surface area contributed by atoms with Gasteiger partial charge in [0.1, 0.15) is 11.0 Å². The highest BCUT2D eigenvalue weighted by molar-refractivity contribution is 8.00. The molecule has 5 aromatic rings. The van der Waals surface area contributed by atoms with Crippen molar-refractivity contribution in [1.82, 2.24) is 4.98 Å². The Hall–Kier alpha value is -4.40. The summed E-state index contributed by atoms with van der Waals surface area (Å²) >= 11 is 2.81. The van der Waals surface area contributed by atoms with E-state index in [9.17, 15) is 9.59 Å². The molecule has 4 aromatic carbocycles. The molecule has 6 nitrogen and oxygen atoms in total. The summed E-state index contributed by atoms with van der Waals surface area (Å²) in [6, 6.07) is 32.2. The average Bonchev–Trinajstić information content (AvgIpc) is 3.45. The van der Waals surface area contributed by atoms with Gasteiger partial charge in [-0.1, -0.05) is 72.3 Å². The molecule has 2 amide bonds. The van der Waals surface area contributed by atoms with Gasteiger partial charge in [0.25, 0.3) is 5.91 Å². The number of hydrogen-bond acceptors (Lipinski definition) is 6. The van der Waals surface area contributed by atoms with E-state index in [1.54, 1.807) is 31.4 Å². The van der Waals surface area contributed by atoms with Gasteiger partial charge in [0.2, 0.25) is 5.91 Å². The van der Waals surface area contributed by atoms with Crippen molar-refractivity contribution >= 4 is 45.7 Å². The maximum atomic E-state index is 13.6. The fourth-order valence-corrected chi connectivity index (χ4v) is 5.82. The van der Waals surface area contributed by atoms with Crippen LogP contribution in [0.25, 0.3) is 11.3 Å². The molecule has 0 aliphatic rings. The van der Waals surface area contributed by atoms with Gasteiger partial charge in [0, 0.05) is 27.1 Å². The molecule has 0 radical (unpaired) electrons. The lowest BCUT2D eigenvalue weighted by Gasteiger charge is -2.17. The van der Waals surface area contributed by atoms with Crippen LogP contribution in [0.2, 0.25) is 0 Å². The Balaban J connectivity index is 1.33. The lowest BCUT2D eigenvalue weighted by molar-refractivity contribution is -0.115. The van der Waals surface area contributed by atoms with E-state index in [4.69, 9.17) is 4.74 Å². The Labute approximate surface area is 241 Å². The summed E-state index contributed by atoms with van der Waals surface area (Å²) in [5, 5.41) is 7.90. The molecule has 1 aromatic heterocycles. The summed E-state index contributed by atoms with van der Waals surface area (Å²) < 4.78 is 5.23. The zero-order chi connectivity index (χ0) is 27.9. The predicted molar refractivity (Wildman–Crippen MR) is 163 cm³/mol. The Morgan fingerprint density at radius 3 is 2.42 bits per heavy atom. The second kappa shape index (κ2) is 12.6. The number of thiazole rings is 1. The number of nitrogens with zero attached hydrogens (tertiary/aromatic N) is 1. The van der Waals surface area contributed by atoms with E-state index in [1.165, 1.54) is 28.7 Å². The van der Waals surface area contributed by atoms with Gasteiger partial charge in [-0.15, -0.1) is 23.1 Å². The van der Waals surface area contributed by atoms with Crippen molar-refractivity contribution in [2.45, 2.75) is 17.1 Å². The number of hydrogen-bond donors (Lipinski definition) is 2. The van der Waals surface area contributed by atoms with Crippen LogP contribution in [0.4, 0.5) is 10.8 Å². The second-order valence-corrected chi connectivity index (χ2v) is 11.1.